The van der Waals surface area contributed by atoms with E-state index in [2.05, 4.69) is 28.5 Å². The van der Waals surface area contributed by atoms with E-state index in [4.69, 9.17) is 11.6 Å². The molecule has 0 amide bonds. The van der Waals surface area contributed by atoms with Gasteiger partial charge in [-0.1, -0.05) is 11.6 Å². The fourth-order valence-electron chi connectivity index (χ4n) is 2.36. The summed E-state index contributed by atoms with van der Waals surface area (Å²) < 4.78 is 27.0. The molecule has 1 N–H and O–H groups in total. The molecule has 2 rings (SSSR count). The summed E-state index contributed by atoms with van der Waals surface area (Å²) in [7, 11) is -3.50. The first kappa shape index (κ1) is 15.7. The Morgan fingerprint density at radius 2 is 2.30 bits per heavy atom. The van der Waals surface area contributed by atoms with E-state index in [0.717, 1.165) is 19.5 Å². The molecule has 5 nitrogen and oxygen atoms in total. The van der Waals surface area contributed by atoms with Crippen LogP contribution in [0.5, 0.6) is 0 Å². The molecule has 1 unspecified atom stereocenters. The van der Waals surface area contributed by atoms with Crippen LogP contribution in [-0.4, -0.2) is 44.0 Å². The highest BCUT2D eigenvalue weighted by atomic mass is 35.5. The highest BCUT2D eigenvalue weighted by Gasteiger charge is 2.25. The van der Waals surface area contributed by atoms with Gasteiger partial charge >= 0.3 is 0 Å². The van der Waals surface area contributed by atoms with E-state index in [1.807, 2.05) is 0 Å². The third kappa shape index (κ3) is 3.91. The molecule has 0 saturated carbocycles. The summed E-state index contributed by atoms with van der Waals surface area (Å²) in [5, 5.41) is 0.180. The van der Waals surface area contributed by atoms with Crippen molar-refractivity contribution in [2.45, 2.75) is 31.2 Å². The van der Waals surface area contributed by atoms with Gasteiger partial charge in [-0.3, -0.25) is 0 Å². The minimum atomic E-state index is -3.50. The molecule has 1 aromatic rings. The molecule has 1 aliphatic rings. The van der Waals surface area contributed by atoms with Gasteiger partial charge in [0, 0.05) is 25.3 Å². The lowest BCUT2D eigenvalue weighted by Gasteiger charge is -2.20. The molecule has 0 spiro atoms. The van der Waals surface area contributed by atoms with Gasteiger partial charge in [0.05, 0.1) is 4.90 Å². The molecule has 20 heavy (non-hydrogen) atoms. The van der Waals surface area contributed by atoms with Crippen LogP contribution in [0.4, 0.5) is 0 Å². The van der Waals surface area contributed by atoms with Crippen molar-refractivity contribution in [3.8, 4) is 0 Å². The molecule has 112 valence electrons. The van der Waals surface area contributed by atoms with Crippen LogP contribution in [-0.2, 0) is 10.0 Å². The minimum Gasteiger partial charge on any atom is -0.301 e. The smallest absolute Gasteiger partial charge is 0.240 e. The predicted octanol–water partition coefficient (Wildman–Crippen LogP) is 1.74. The van der Waals surface area contributed by atoms with Gasteiger partial charge in [0.25, 0.3) is 0 Å². The number of hydrogen-bond donors (Lipinski definition) is 1. The van der Waals surface area contributed by atoms with Gasteiger partial charge in [0.15, 0.2) is 0 Å². The number of halogens is 1. The second kappa shape index (κ2) is 6.39. The fraction of sp³-hybridized carbons (Fsp3) is 0.615. The monoisotopic (exact) mass is 317 g/mol. The van der Waals surface area contributed by atoms with Crippen molar-refractivity contribution in [3.05, 3.63) is 23.5 Å². The van der Waals surface area contributed by atoms with Crippen molar-refractivity contribution in [2.75, 3.05) is 19.6 Å². The van der Waals surface area contributed by atoms with Crippen LogP contribution in [0.3, 0.4) is 0 Å². The molecule has 7 heteroatoms. The third-order valence-corrected chi connectivity index (χ3v) is 5.25. The van der Waals surface area contributed by atoms with Crippen molar-refractivity contribution in [1.29, 1.82) is 0 Å². The average Bonchev–Trinajstić information content (AvgIpc) is 2.85. The Bertz CT molecular complexity index is 562. The number of hydrogen-bond acceptors (Lipinski definition) is 4. The highest BCUT2D eigenvalue weighted by molar-refractivity contribution is 7.89. The number of likely N-dealkylation sites (tertiary alicyclic amines) is 1. The Hall–Kier alpha value is -0.690. The second-order valence-corrected chi connectivity index (χ2v) is 7.56. The summed E-state index contributed by atoms with van der Waals surface area (Å²) in [4.78, 5) is 6.31. The van der Waals surface area contributed by atoms with Crippen LogP contribution >= 0.6 is 11.6 Å². The number of nitrogens with one attached hydrogen (secondary N) is 1. The molecule has 0 radical (unpaired) electrons. The normalized spacial score (nSPS) is 20.7. The van der Waals surface area contributed by atoms with E-state index >= 15 is 0 Å². The topological polar surface area (TPSA) is 62.3 Å². The molecular weight excluding hydrogens is 298 g/mol. The lowest BCUT2D eigenvalue weighted by Crippen LogP contribution is -2.33. The number of pyridine rings is 1. The molecule has 2 heterocycles. The maximum Gasteiger partial charge on any atom is 0.240 e. The molecule has 1 aliphatic heterocycles. The maximum absolute atomic E-state index is 12.1. The highest BCUT2D eigenvalue weighted by Crippen LogP contribution is 2.19. The Kier molecular flexibility index (Phi) is 5.01. The maximum atomic E-state index is 12.1. The van der Waals surface area contributed by atoms with E-state index in [1.54, 1.807) is 0 Å². The lowest BCUT2D eigenvalue weighted by molar-refractivity contribution is 0.265. The molecule has 0 aliphatic carbocycles. The van der Waals surface area contributed by atoms with Gasteiger partial charge in [-0.05, 0) is 44.9 Å². The van der Waals surface area contributed by atoms with Gasteiger partial charge in [0.2, 0.25) is 10.0 Å². The van der Waals surface area contributed by atoms with Gasteiger partial charge in [-0.2, -0.15) is 0 Å². The fourth-order valence-corrected chi connectivity index (χ4v) is 3.73. The molecule has 1 atom stereocenters. The molecule has 0 aromatic carbocycles. The van der Waals surface area contributed by atoms with Crippen molar-refractivity contribution in [1.82, 2.24) is 14.6 Å². The average molecular weight is 318 g/mol. The van der Waals surface area contributed by atoms with Crippen molar-refractivity contribution >= 4 is 21.6 Å². The molecule has 1 saturated heterocycles. The third-order valence-electron chi connectivity index (χ3n) is 3.62. The Morgan fingerprint density at radius 1 is 1.55 bits per heavy atom. The van der Waals surface area contributed by atoms with E-state index in [0.29, 0.717) is 18.5 Å². The summed E-state index contributed by atoms with van der Waals surface area (Å²) >= 11 is 5.72. The van der Waals surface area contributed by atoms with Crippen LogP contribution in [0.1, 0.15) is 20.3 Å². The molecular formula is C13H20ClN3O2S. The van der Waals surface area contributed by atoms with Gasteiger partial charge in [0.1, 0.15) is 5.15 Å². The summed E-state index contributed by atoms with van der Waals surface area (Å²) in [6, 6.07) is 3.32. The zero-order chi connectivity index (χ0) is 14.8. The van der Waals surface area contributed by atoms with Crippen molar-refractivity contribution in [3.63, 3.8) is 0 Å². The van der Waals surface area contributed by atoms with E-state index in [1.165, 1.54) is 18.3 Å². The zero-order valence-electron chi connectivity index (χ0n) is 11.7. The number of rotatable bonds is 5. The van der Waals surface area contributed by atoms with E-state index in [-0.39, 0.29) is 10.0 Å². The first-order valence-electron chi connectivity index (χ1n) is 6.74. The molecule has 1 fully saturated rings. The quantitative estimate of drug-likeness (QED) is 0.840. The first-order chi connectivity index (χ1) is 9.38. The zero-order valence-corrected chi connectivity index (χ0v) is 13.3. The Balaban J connectivity index is 1.94. The van der Waals surface area contributed by atoms with E-state index in [9.17, 15) is 8.42 Å². The Morgan fingerprint density at radius 3 is 2.90 bits per heavy atom. The van der Waals surface area contributed by atoms with E-state index < -0.39 is 10.0 Å². The van der Waals surface area contributed by atoms with Crippen molar-refractivity contribution < 1.29 is 8.42 Å². The largest absolute Gasteiger partial charge is 0.301 e. The molecule has 0 bridgehead atoms. The van der Waals surface area contributed by atoms with Crippen LogP contribution in [0.25, 0.3) is 0 Å². The van der Waals surface area contributed by atoms with Crippen molar-refractivity contribution in [2.24, 2.45) is 5.92 Å². The number of nitrogens with zero attached hydrogens (tertiary/aromatic N) is 2. The Labute approximate surface area is 125 Å². The van der Waals surface area contributed by atoms with Crippen LogP contribution in [0.2, 0.25) is 5.15 Å². The summed E-state index contributed by atoms with van der Waals surface area (Å²) in [5.74, 6) is 0.365. The summed E-state index contributed by atoms with van der Waals surface area (Å²) in [6.45, 7) is 6.75. The predicted molar refractivity (Wildman–Crippen MR) is 79.3 cm³/mol. The van der Waals surface area contributed by atoms with Gasteiger partial charge < -0.3 is 4.90 Å². The van der Waals surface area contributed by atoms with Crippen LogP contribution < -0.4 is 4.72 Å². The van der Waals surface area contributed by atoms with Gasteiger partial charge in [-0.25, -0.2) is 18.1 Å². The SMILES string of the molecule is CC(C)N1CCC(CNS(=O)(=O)c2ccnc(Cl)c2)C1. The minimum absolute atomic E-state index is 0.163. The van der Waals surface area contributed by atoms with Crippen LogP contribution in [0, 0.1) is 5.92 Å². The number of aromatic nitrogens is 1. The summed E-state index contributed by atoms with van der Waals surface area (Å²) in [5.41, 5.74) is 0. The number of sulfonamides is 1. The second-order valence-electron chi connectivity index (χ2n) is 5.41. The molecule has 1 aromatic heterocycles. The standard InChI is InChI=1S/C13H20ClN3O2S/c1-10(2)17-6-4-11(9-17)8-16-20(18,19)12-3-5-15-13(14)7-12/h3,5,7,10-11,16H,4,6,8-9H2,1-2H3. The first-order valence-corrected chi connectivity index (χ1v) is 8.60. The lowest BCUT2D eigenvalue weighted by atomic mass is 10.1. The van der Waals surface area contributed by atoms with Gasteiger partial charge in [-0.15, -0.1) is 0 Å². The van der Waals surface area contributed by atoms with Crippen LogP contribution in [0.15, 0.2) is 23.2 Å². The summed E-state index contributed by atoms with van der Waals surface area (Å²) in [6.07, 6.45) is 2.42.